The standard InChI is InChI=1S/C69H134O17P2/c1-6-10-13-16-18-20-22-24-26-27-28-30-32-34-39-44-49-54-68(73)86-65(59-80-67(72)53-48-43-38-33-31-29-25-23-21-19-17-14-11-7-2)61-84-88(77,78)82-57-63(70)56-81-87(75,76)83-60-64(58-79-66(71)52-47-41-15-12-8-3)85-69(74)55-50-45-40-36-35-37-42-46-51-62(5)9-4/h62-65,70H,6-61H2,1-5H3,(H,75,76)(H,77,78)/t62?,63-,64+,65+/m0/s1. The monoisotopic (exact) mass is 1300 g/mol. The highest BCUT2D eigenvalue weighted by molar-refractivity contribution is 7.47. The molecule has 17 nitrogen and oxygen atoms in total. The third-order valence-electron chi connectivity index (χ3n) is 16.4. The van der Waals surface area contributed by atoms with Crippen LogP contribution in [0.2, 0.25) is 0 Å². The minimum atomic E-state index is -4.95. The van der Waals surface area contributed by atoms with Crippen molar-refractivity contribution in [2.24, 2.45) is 5.92 Å². The van der Waals surface area contributed by atoms with Crippen molar-refractivity contribution in [1.82, 2.24) is 0 Å². The molecule has 0 radical (unpaired) electrons. The van der Waals surface area contributed by atoms with Gasteiger partial charge in [-0.2, -0.15) is 0 Å². The van der Waals surface area contributed by atoms with Crippen LogP contribution in [0.15, 0.2) is 0 Å². The number of unbranched alkanes of at least 4 members (excludes halogenated alkanes) is 40. The number of hydrogen-bond donors (Lipinski definition) is 3. The van der Waals surface area contributed by atoms with Crippen molar-refractivity contribution in [2.45, 2.75) is 374 Å². The molecule has 0 saturated carbocycles. The fourth-order valence-corrected chi connectivity index (χ4v) is 12.0. The summed E-state index contributed by atoms with van der Waals surface area (Å²) in [6.07, 6.45) is 48.9. The zero-order chi connectivity index (χ0) is 64.9. The van der Waals surface area contributed by atoms with Crippen molar-refractivity contribution in [3.63, 3.8) is 0 Å². The van der Waals surface area contributed by atoms with Crippen LogP contribution in [0, 0.1) is 5.92 Å². The van der Waals surface area contributed by atoms with E-state index in [1.165, 1.54) is 173 Å². The van der Waals surface area contributed by atoms with Gasteiger partial charge in [-0.05, 0) is 31.6 Å². The van der Waals surface area contributed by atoms with E-state index in [0.717, 1.165) is 102 Å². The summed E-state index contributed by atoms with van der Waals surface area (Å²) in [5, 5.41) is 10.6. The third-order valence-corrected chi connectivity index (χ3v) is 18.3. The SMILES string of the molecule is CCCCCCCCCCCCCCCCCCCC(=O)O[C@H](COC(=O)CCCCCCCCCCCCCCCC)COP(=O)(O)OC[C@@H](O)COP(=O)(O)OC[C@@H](COC(=O)CCCCCCC)OC(=O)CCCCCCCCCCC(C)CC. The Bertz CT molecular complexity index is 1710. The number of carbonyl (C=O) groups is 4. The van der Waals surface area contributed by atoms with Crippen LogP contribution in [0.4, 0.5) is 0 Å². The van der Waals surface area contributed by atoms with Gasteiger partial charge in [-0.3, -0.25) is 37.3 Å². The van der Waals surface area contributed by atoms with Crippen molar-refractivity contribution in [3.8, 4) is 0 Å². The maximum atomic E-state index is 13.0. The summed E-state index contributed by atoms with van der Waals surface area (Å²) in [5.41, 5.74) is 0. The molecule has 0 amide bonds. The number of aliphatic hydroxyl groups is 1. The molecule has 3 N–H and O–H groups in total. The predicted octanol–water partition coefficient (Wildman–Crippen LogP) is 19.7. The lowest BCUT2D eigenvalue weighted by atomic mass is 9.99. The quantitative estimate of drug-likeness (QED) is 0.0222. The van der Waals surface area contributed by atoms with E-state index in [1.807, 2.05) is 0 Å². The highest BCUT2D eigenvalue weighted by atomic mass is 31.2. The van der Waals surface area contributed by atoms with Gasteiger partial charge in [-0.25, -0.2) is 9.13 Å². The predicted molar refractivity (Wildman–Crippen MR) is 354 cm³/mol. The lowest BCUT2D eigenvalue weighted by Crippen LogP contribution is -2.30. The molecule has 19 heteroatoms. The first-order valence-corrected chi connectivity index (χ1v) is 39.2. The van der Waals surface area contributed by atoms with Gasteiger partial charge >= 0.3 is 39.5 Å². The van der Waals surface area contributed by atoms with Crippen molar-refractivity contribution in [1.29, 1.82) is 0 Å². The number of esters is 4. The molecule has 88 heavy (non-hydrogen) atoms. The van der Waals surface area contributed by atoms with E-state index in [9.17, 15) is 43.2 Å². The number of hydrogen-bond acceptors (Lipinski definition) is 15. The molecule has 522 valence electrons. The van der Waals surface area contributed by atoms with Crippen molar-refractivity contribution < 1.29 is 80.2 Å². The molecule has 6 atom stereocenters. The number of phosphoric acid groups is 2. The topological polar surface area (TPSA) is 237 Å². The largest absolute Gasteiger partial charge is 0.472 e. The van der Waals surface area contributed by atoms with Crippen LogP contribution in [0.3, 0.4) is 0 Å². The first-order valence-electron chi connectivity index (χ1n) is 36.2. The highest BCUT2D eigenvalue weighted by Crippen LogP contribution is 2.45. The third kappa shape index (κ3) is 61.6. The van der Waals surface area contributed by atoms with Gasteiger partial charge in [0.25, 0.3) is 0 Å². The second kappa shape index (κ2) is 62.5. The van der Waals surface area contributed by atoms with Crippen molar-refractivity contribution >= 4 is 39.5 Å². The fraction of sp³-hybridized carbons (Fsp3) is 0.942. The molecule has 0 spiro atoms. The molecule has 0 heterocycles. The second-order valence-electron chi connectivity index (χ2n) is 25.2. The Kier molecular flexibility index (Phi) is 61.1. The average Bonchev–Trinajstić information content (AvgIpc) is 3.71. The summed E-state index contributed by atoms with van der Waals surface area (Å²) < 4.78 is 68.0. The molecule has 0 rings (SSSR count). The number of carbonyl (C=O) groups excluding carboxylic acids is 4. The van der Waals surface area contributed by atoms with Gasteiger partial charge in [0.05, 0.1) is 26.4 Å². The van der Waals surface area contributed by atoms with E-state index in [-0.39, 0.29) is 25.7 Å². The maximum absolute atomic E-state index is 13.0. The Morgan fingerprint density at radius 1 is 0.318 bits per heavy atom. The molecule has 0 saturated heterocycles. The zero-order valence-electron chi connectivity index (χ0n) is 56.9. The first-order chi connectivity index (χ1) is 42.6. The minimum Gasteiger partial charge on any atom is -0.462 e. The summed E-state index contributed by atoms with van der Waals surface area (Å²) in [6.45, 7) is 7.15. The fourth-order valence-electron chi connectivity index (χ4n) is 10.4. The van der Waals surface area contributed by atoms with Gasteiger partial charge in [-0.1, -0.05) is 304 Å². The number of rotatable bonds is 69. The van der Waals surface area contributed by atoms with E-state index < -0.39 is 97.5 Å². The van der Waals surface area contributed by atoms with Crippen LogP contribution in [0.1, 0.15) is 356 Å². The van der Waals surface area contributed by atoms with Crippen LogP contribution < -0.4 is 0 Å². The normalized spacial score (nSPS) is 14.4. The van der Waals surface area contributed by atoms with Crippen LogP contribution in [0.5, 0.6) is 0 Å². The van der Waals surface area contributed by atoms with E-state index >= 15 is 0 Å². The Hall–Kier alpha value is -1.94. The summed E-state index contributed by atoms with van der Waals surface area (Å²) in [7, 11) is -9.89. The molecule has 0 bridgehead atoms. The molecule has 0 aliphatic rings. The minimum absolute atomic E-state index is 0.104. The van der Waals surface area contributed by atoms with Gasteiger partial charge in [0, 0.05) is 25.7 Å². The van der Waals surface area contributed by atoms with Gasteiger partial charge in [0.2, 0.25) is 0 Å². The van der Waals surface area contributed by atoms with Crippen LogP contribution in [-0.2, 0) is 65.4 Å². The maximum Gasteiger partial charge on any atom is 0.472 e. The Morgan fingerprint density at radius 2 is 0.545 bits per heavy atom. The second-order valence-corrected chi connectivity index (χ2v) is 28.1. The van der Waals surface area contributed by atoms with E-state index in [4.69, 9.17) is 37.0 Å². The van der Waals surface area contributed by atoms with E-state index in [2.05, 4.69) is 34.6 Å². The van der Waals surface area contributed by atoms with Crippen molar-refractivity contribution in [3.05, 3.63) is 0 Å². The molecular formula is C69H134O17P2. The molecule has 0 aliphatic heterocycles. The van der Waals surface area contributed by atoms with Crippen LogP contribution in [-0.4, -0.2) is 96.7 Å². The summed E-state index contributed by atoms with van der Waals surface area (Å²) in [5.74, 6) is -1.36. The van der Waals surface area contributed by atoms with Crippen LogP contribution >= 0.6 is 15.6 Å². The number of ether oxygens (including phenoxy) is 4. The molecular weight excluding hydrogens is 1160 g/mol. The molecule has 0 aromatic rings. The summed E-state index contributed by atoms with van der Waals surface area (Å²) in [4.78, 5) is 72.2. The van der Waals surface area contributed by atoms with E-state index in [1.54, 1.807) is 0 Å². The smallest absolute Gasteiger partial charge is 0.462 e. The van der Waals surface area contributed by atoms with Gasteiger partial charge in [0.1, 0.15) is 19.3 Å². The molecule has 0 aliphatic carbocycles. The Morgan fingerprint density at radius 3 is 0.807 bits per heavy atom. The Labute approximate surface area is 537 Å². The van der Waals surface area contributed by atoms with E-state index in [0.29, 0.717) is 25.7 Å². The molecule has 3 unspecified atom stereocenters. The summed E-state index contributed by atoms with van der Waals surface area (Å²) in [6, 6.07) is 0. The molecule has 0 aromatic heterocycles. The van der Waals surface area contributed by atoms with Crippen molar-refractivity contribution in [2.75, 3.05) is 39.6 Å². The number of aliphatic hydroxyl groups excluding tert-OH is 1. The Balaban J connectivity index is 5.16. The summed E-state index contributed by atoms with van der Waals surface area (Å²) >= 11 is 0. The lowest BCUT2D eigenvalue weighted by Gasteiger charge is -2.21. The lowest BCUT2D eigenvalue weighted by molar-refractivity contribution is -0.161. The highest BCUT2D eigenvalue weighted by Gasteiger charge is 2.30. The van der Waals surface area contributed by atoms with Gasteiger partial charge < -0.3 is 33.8 Å². The molecule has 0 fully saturated rings. The zero-order valence-corrected chi connectivity index (χ0v) is 58.6. The van der Waals surface area contributed by atoms with Crippen LogP contribution in [0.25, 0.3) is 0 Å². The average molecular weight is 1300 g/mol. The number of phosphoric ester groups is 2. The molecule has 0 aromatic carbocycles. The van der Waals surface area contributed by atoms with Gasteiger partial charge in [-0.15, -0.1) is 0 Å². The first kappa shape index (κ1) is 86.1. The van der Waals surface area contributed by atoms with Gasteiger partial charge in [0.15, 0.2) is 12.2 Å².